The molecule has 0 aliphatic carbocycles. The quantitative estimate of drug-likeness (QED) is 0.640. The molecule has 1 fully saturated rings. The van der Waals surface area contributed by atoms with Gasteiger partial charge in [0.1, 0.15) is 5.69 Å². The van der Waals surface area contributed by atoms with Crippen molar-refractivity contribution in [1.82, 2.24) is 0 Å². The van der Waals surface area contributed by atoms with Gasteiger partial charge in [-0.2, -0.15) is 0 Å². The summed E-state index contributed by atoms with van der Waals surface area (Å²) in [6, 6.07) is 4.49. The number of carbonyl (C=O) groups is 1. The average Bonchev–Trinajstić information content (AvgIpc) is 2.54. The summed E-state index contributed by atoms with van der Waals surface area (Å²) in [6.45, 7) is 2.13. The molecule has 8 nitrogen and oxygen atoms in total. The third kappa shape index (κ3) is 4.32. The first-order valence-electron chi connectivity index (χ1n) is 7.05. The van der Waals surface area contributed by atoms with E-state index in [9.17, 15) is 14.9 Å². The van der Waals surface area contributed by atoms with Crippen LogP contribution in [0.4, 0.5) is 21.9 Å². The van der Waals surface area contributed by atoms with E-state index < -0.39 is 11.0 Å². The summed E-state index contributed by atoms with van der Waals surface area (Å²) in [4.78, 5) is 21.9. The molecule has 1 aromatic carbocycles. The molecule has 0 atom stereocenters. The van der Waals surface area contributed by atoms with Gasteiger partial charge in [0, 0.05) is 25.8 Å². The molecule has 0 spiro atoms. The van der Waals surface area contributed by atoms with E-state index >= 15 is 0 Å². The number of amides is 1. The van der Waals surface area contributed by atoms with E-state index in [-0.39, 0.29) is 5.69 Å². The third-order valence-corrected chi connectivity index (χ3v) is 3.55. The number of methoxy groups -OCH3 is 1. The van der Waals surface area contributed by atoms with E-state index in [2.05, 4.69) is 15.4 Å². The maximum absolute atomic E-state index is 11.2. The normalized spacial score (nSPS) is 15.1. The molecule has 0 radical (unpaired) electrons. The number of nitro groups is 1. The molecule has 0 saturated carbocycles. The highest BCUT2D eigenvalue weighted by Gasteiger charge is 2.18. The van der Waals surface area contributed by atoms with Crippen molar-refractivity contribution in [3.05, 3.63) is 28.3 Å². The highest BCUT2D eigenvalue weighted by molar-refractivity contribution is 5.86. The van der Waals surface area contributed by atoms with E-state index in [1.54, 1.807) is 12.1 Å². The minimum absolute atomic E-state index is 0.0824. The summed E-state index contributed by atoms with van der Waals surface area (Å²) in [7, 11) is 1.23. The van der Waals surface area contributed by atoms with Crippen molar-refractivity contribution >= 4 is 23.2 Å². The maximum Gasteiger partial charge on any atom is 0.411 e. The van der Waals surface area contributed by atoms with E-state index in [0.29, 0.717) is 23.8 Å². The zero-order valence-electron chi connectivity index (χ0n) is 12.3. The molecule has 0 bridgehead atoms. The summed E-state index contributed by atoms with van der Waals surface area (Å²) in [5.41, 5.74) is 0.669. The fourth-order valence-corrected chi connectivity index (χ4v) is 2.28. The zero-order valence-corrected chi connectivity index (χ0v) is 12.3. The second-order valence-electron chi connectivity index (χ2n) is 5.04. The lowest BCUT2D eigenvalue weighted by Crippen LogP contribution is -2.22. The molecule has 0 aromatic heterocycles. The van der Waals surface area contributed by atoms with Gasteiger partial charge < -0.3 is 14.8 Å². The van der Waals surface area contributed by atoms with Gasteiger partial charge in [-0.05, 0) is 30.9 Å². The summed E-state index contributed by atoms with van der Waals surface area (Å²) in [6.07, 6.45) is 1.23. The van der Waals surface area contributed by atoms with Crippen LogP contribution >= 0.6 is 0 Å². The summed E-state index contributed by atoms with van der Waals surface area (Å²) < 4.78 is 9.75. The number of rotatable bonds is 5. The van der Waals surface area contributed by atoms with E-state index in [0.717, 1.165) is 26.1 Å². The van der Waals surface area contributed by atoms with Gasteiger partial charge in [-0.15, -0.1) is 0 Å². The second-order valence-corrected chi connectivity index (χ2v) is 5.04. The molecule has 1 aromatic rings. The summed E-state index contributed by atoms with van der Waals surface area (Å²) in [5.74, 6) is 0.446. The Kier molecular flexibility index (Phi) is 5.54. The number of nitro benzene ring substituents is 1. The molecule has 0 unspecified atom stereocenters. The molecule has 1 aliphatic rings. The number of hydrogen-bond acceptors (Lipinski definition) is 6. The fraction of sp³-hybridized carbons (Fsp3) is 0.500. The molecule has 1 saturated heterocycles. The van der Waals surface area contributed by atoms with Gasteiger partial charge in [-0.1, -0.05) is 0 Å². The lowest BCUT2D eigenvalue weighted by molar-refractivity contribution is -0.383. The minimum Gasteiger partial charge on any atom is -0.453 e. The molecule has 2 N–H and O–H groups in total. The molecule has 120 valence electrons. The molecule has 8 heteroatoms. The molecular formula is C14H19N3O5. The Labute approximate surface area is 127 Å². The number of carbonyl (C=O) groups excluding carboxylic acids is 1. The van der Waals surface area contributed by atoms with Gasteiger partial charge in [-0.3, -0.25) is 15.4 Å². The predicted molar refractivity (Wildman–Crippen MR) is 81.2 cm³/mol. The van der Waals surface area contributed by atoms with Crippen molar-refractivity contribution in [1.29, 1.82) is 0 Å². The highest BCUT2D eigenvalue weighted by atomic mass is 16.6. The van der Waals surface area contributed by atoms with Gasteiger partial charge in [0.05, 0.1) is 17.7 Å². The Morgan fingerprint density at radius 3 is 2.82 bits per heavy atom. The molecule has 2 rings (SSSR count). The van der Waals surface area contributed by atoms with Crippen LogP contribution in [0.25, 0.3) is 0 Å². The highest BCUT2D eigenvalue weighted by Crippen LogP contribution is 2.28. The van der Waals surface area contributed by atoms with Crippen LogP contribution in [-0.4, -0.2) is 37.9 Å². The molecule has 22 heavy (non-hydrogen) atoms. The molecule has 1 aliphatic heterocycles. The summed E-state index contributed by atoms with van der Waals surface area (Å²) >= 11 is 0. The van der Waals surface area contributed by atoms with Gasteiger partial charge in [0.15, 0.2) is 0 Å². The van der Waals surface area contributed by atoms with Gasteiger partial charge in [0.25, 0.3) is 5.69 Å². The van der Waals surface area contributed by atoms with Gasteiger partial charge in [-0.25, -0.2) is 4.79 Å². The van der Waals surface area contributed by atoms with Gasteiger partial charge >= 0.3 is 6.09 Å². The summed E-state index contributed by atoms with van der Waals surface area (Å²) in [5, 5.41) is 16.7. The largest absolute Gasteiger partial charge is 0.453 e. The van der Waals surface area contributed by atoms with Crippen LogP contribution in [0.1, 0.15) is 12.8 Å². The standard InChI is InChI=1S/C14H19N3O5/c1-21-14(18)16-11-2-3-12(13(8-11)17(19)20)15-9-10-4-6-22-7-5-10/h2-3,8,10,15H,4-7,9H2,1H3,(H,16,18). The predicted octanol–water partition coefficient (Wildman–Crippen LogP) is 2.61. The Bertz CT molecular complexity index is 543. The Hall–Kier alpha value is -2.35. The number of nitrogens with zero attached hydrogens (tertiary/aromatic N) is 1. The van der Waals surface area contributed by atoms with Crippen molar-refractivity contribution in [2.45, 2.75) is 12.8 Å². The van der Waals surface area contributed by atoms with Crippen molar-refractivity contribution in [3.63, 3.8) is 0 Å². The minimum atomic E-state index is -0.669. The van der Waals surface area contributed by atoms with E-state index in [1.807, 2.05) is 0 Å². The van der Waals surface area contributed by atoms with E-state index in [4.69, 9.17) is 4.74 Å². The SMILES string of the molecule is COC(=O)Nc1ccc(NCC2CCOCC2)c([N+](=O)[O-])c1. The van der Waals surface area contributed by atoms with E-state index in [1.165, 1.54) is 13.2 Å². The number of ether oxygens (including phenoxy) is 2. The van der Waals surface area contributed by atoms with Crippen LogP contribution in [-0.2, 0) is 9.47 Å². The van der Waals surface area contributed by atoms with Crippen LogP contribution in [0.3, 0.4) is 0 Å². The smallest absolute Gasteiger partial charge is 0.411 e. The monoisotopic (exact) mass is 309 g/mol. The Balaban J connectivity index is 2.05. The first-order chi connectivity index (χ1) is 10.6. The third-order valence-electron chi connectivity index (χ3n) is 3.55. The zero-order chi connectivity index (χ0) is 15.9. The van der Waals surface area contributed by atoms with Crippen LogP contribution in [0.5, 0.6) is 0 Å². The fourth-order valence-electron chi connectivity index (χ4n) is 2.28. The van der Waals surface area contributed by atoms with Crippen LogP contribution in [0.15, 0.2) is 18.2 Å². The van der Waals surface area contributed by atoms with Crippen molar-refractivity contribution < 1.29 is 19.2 Å². The van der Waals surface area contributed by atoms with Crippen LogP contribution in [0, 0.1) is 16.0 Å². The van der Waals surface area contributed by atoms with Crippen LogP contribution < -0.4 is 10.6 Å². The average molecular weight is 309 g/mol. The van der Waals surface area contributed by atoms with Crippen molar-refractivity contribution in [2.24, 2.45) is 5.92 Å². The van der Waals surface area contributed by atoms with Crippen molar-refractivity contribution in [2.75, 3.05) is 37.5 Å². The first-order valence-corrected chi connectivity index (χ1v) is 7.05. The Morgan fingerprint density at radius 2 is 2.18 bits per heavy atom. The molecular weight excluding hydrogens is 290 g/mol. The maximum atomic E-state index is 11.2. The topological polar surface area (TPSA) is 103 Å². The van der Waals surface area contributed by atoms with Crippen LogP contribution in [0.2, 0.25) is 0 Å². The number of nitrogens with one attached hydrogen (secondary N) is 2. The lowest BCUT2D eigenvalue weighted by atomic mass is 10.0. The second kappa shape index (κ2) is 7.60. The number of benzene rings is 1. The number of hydrogen-bond donors (Lipinski definition) is 2. The molecule has 1 amide bonds. The Morgan fingerprint density at radius 1 is 1.45 bits per heavy atom. The molecule has 1 heterocycles. The number of anilines is 2. The first kappa shape index (κ1) is 16.0. The lowest BCUT2D eigenvalue weighted by Gasteiger charge is -2.22. The van der Waals surface area contributed by atoms with Crippen molar-refractivity contribution in [3.8, 4) is 0 Å². The van der Waals surface area contributed by atoms with Gasteiger partial charge in [0.2, 0.25) is 0 Å².